The van der Waals surface area contributed by atoms with Crippen LogP contribution >= 0.6 is 0 Å². The molecule has 1 fully saturated rings. The molecule has 1 aromatic heterocycles. The lowest BCUT2D eigenvalue weighted by molar-refractivity contribution is 0.414. The number of nitrogens with zero attached hydrogens (tertiary/aromatic N) is 2. The number of fused-ring (bicyclic) bond motifs is 1. The molecule has 5 nitrogen and oxygen atoms in total. The van der Waals surface area contributed by atoms with E-state index in [2.05, 4.69) is 22.3 Å². The number of anilines is 1. The lowest BCUT2D eigenvalue weighted by atomic mass is 10.1. The largest absolute Gasteiger partial charge is 0.497 e. The molecule has 1 aliphatic heterocycles. The number of piperazine rings is 1. The van der Waals surface area contributed by atoms with Gasteiger partial charge in [0.05, 0.1) is 19.2 Å². The Balaban J connectivity index is 1.74. The number of nitrogens with one attached hydrogen (secondary N) is 1. The van der Waals surface area contributed by atoms with Crippen LogP contribution in [0, 0.1) is 0 Å². The maximum absolute atomic E-state index is 12.5. The van der Waals surface area contributed by atoms with Gasteiger partial charge in [0.1, 0.15) is 5.75 Å². The minimum atomic E-state index is 0.00948. The molecule has 1 aliphatic rings. The van der Waals surface area contributed by atoms with Gasteiger partial charge in [-0.1, -0.05) is 18.2 Å². The summed E-state index contributed by atoms with van der Waals surface area (Å²) in [7, 11) is 1.69. The quantitative estimate of drug-likeness (QED) is 0.786. The van der Waals surface area contributed by atoms with Gasteiger partial charge in [0.15, 0.2) is 0 Å². The molecule has 1 saturated heterocycles. The zero-order valence-corrected chi connectivity index (χ0v) is 14.9. The minimum Gasteiger partial charge on any atom is -0.497 e. The van der Waals surface area contributed by atoms with Crippen molar-refractivity contribution in [3.05, 3.63) is 70.5 Å². The molecule has 2 heterocycles. The normalized spacial score (nSPS) is 14.6. The van der Waals surface area contributed by atoms with E-state index < -0.39 is 0 Å². The number of pyridine rings is 1. The van der Waals surface area contributed by atoms with Gasteiger partial charge in [-0.05, 0) is 35.2 Å². The minimum absolute atomic E-state index is 0.00948. The van der Waals surface area contributed by atoms with E-state index in [0.29, 0.717) is 6.54 Å². The Kier molecular flexibility index (Phi) is 4.63. The molecule has 0 spiro atoms. The van der Waals surface area contributed by atoms with Gasteiger partial charge >= 0.3 is 0 Å². The Morgan fingerprint density at radius 3 is 2.65 bits per heavy atom. The van der Waals surface area contributed by atoms with Crippen molar-refractivity contribution in [2.24, 2.45) is 0 Å². The van der Waals surface area contributed by atoms with Gasteiger partial charge in [0, 0.05) is 44.0 Å². The Bertz CT molecular complexity index is 974. The van der Waals surface area contributed by atoms with Gasteiger partial charge in [-0.2, -0.15) is 0 Å². The molecule has 0 unspecified atom stereocenters. The molecule has 0 atom stereocenters. The first kappa shape index (κ1) is 16.7. The number of hydrogen-bond donors (Lipinski definition) is 1. The molecule has 0 saturated carbocycles. The predicted molar refractivity (Wildman–Crippen MR) is 105 cm³/mol. The van der Waals surface area contributed by atoms with Crippen LogP contribution in [0.2, 0.25) is 0 Å². The fraction of sp³-hybridized carbons (Fsp3) is 0.286. The van der Waals surface area contributed by atoms with Crippen LogP contribution < -0.4 is 20.5 Å². The Morgan fingerprint density at radius 2 is 1.85 bits per heavy atom. The molecule has 1 N–H and O–H groups in total. The van der Waals surface area contributed by atoms with Crippen molar-refractivity contribution >= 4 is 16.6 Å². The third kappa shape index (κ3) is 3.30. The summed E-state index contributed by atoms with van der Waals surface area (Å²) in [5.74, 6) is 0.823. The van der Waals surface area contributed by atoms with Crippen LogP contribution in [0.3, 0.4) is 0 Å². The van der Waals surface area contributed by atoms with E-state index in [-0.39, 0.29) is 5.56 Å². The Hall–Kier alpha value is -2.79. The number of methoxy groups -OCH3 is 1. The van der Waals surface area contributed by atoms with Gasteiger partial charge in [0.25, 0.3) is 5.56 Å². The standard InChI is InChI=1S/C21H23N3O2/c1-26-19-13-16(12-18(14-19)23-10-8-22-9-11-23)15-24-20-5-3-2-4-17(20)6-7-21(24)25/h2-7,12-14,22H,8-11,15H2,1H3. The van der Waals surface area contributed by atoms with E-state index in [9.17, 15) is 4.79 Å². The zero-order valence-electron chi connectivity index (χ0n) is 14.9. The van der Waals surface area contributed by atoms with Crippen LogP contribution in [0.4, 0.5) is 5.69 Å². The van der Waals surface area contributed by atoms with Crippen molar-refractivity contribution in [2.75, 3.05) is 38.2 Å². The highest BCUT2D eigenvalue weighted by atomic mass is 16.5. The third-order valence-electron chi connectivity index (χ3n) is 4.91. The highest BCUT2D eigenvalue weighted by Crippen LogP contribution is 2.25. The predicted octanol–water partition coefficient (Wildman–Crippen LogP) is 2.47. The van der Waals surface area contributed by atoms with Crippen molar-refractivity contribution < 1.29 is 4.74 Å². The van der Waals surface area contributed by atoms with Gasteiger partial charge in [-0.3, -0.25) is 4.79 Å². The summed E-state index contributed by atoms with van der Waals surface area (Å²) in [6.07, 6.45) is 0. The number of ether oxygens (including phenoxy) is 1. The van der Waals surface area contributed by atoms with E-state index in [4.69, 9.17) is 4.74 Å². The molecule has 5 heteroatoms. The van der Waals surface area contributed by atoms with Gasteiger partial charge in [0.2, 0.25) is 0 Å². The second-order valence-corrected chi connectivity index (χ2v) is 6.59. The maximum Gasteiger partial charge on any atom is 0.251 e. The average molecular weight is 349 g/mol. The first-order chi connectivity index (χ1) is 12.7. The summed E-state index contributed by atoms with van der Waals surface area (Å²) in [4.78, 5) is 14.8. The number of benzene rings is 2. The summed E-state index contributed by atoms with van der Waals surface area (Å²) < 4.78 is 7.34. The molecule has 4 rings (SSSR count). The van der Waals surface area contributed by atoms with Crippen LogP contribution in [0.5, 0.6) is 5.75 Å². The highest BCUT2D eigenvalue weighted by molar-refractivity contribution is 5.78. The first-order valence-electron chi connectivity index (χ1n) is 8.97. The van der Waals surface area contributed by atoms with Crippen LogP contribution in [-0.4, -0.2) is 37.9 Å². The van der Waals surface area contributed by atoms with Crippen molar-refractivity contribution in [1.29, 1.82) is 0 Å². The second kappa shape index (κ2) is 7.22. The summed E-state index contributed by atoms with van der Waals surface area (Å²) in [5, 5.41) is 4.44. The van der Waals surface area contributed by atoms with E-state index in [1.807, 2.05) is 41.0 Å². The van der Waals surface area contributed by atoms with Crippen molar-refractivity contribution in [3.63, 3.8) is 0 Å². The summed E-state index contributed by atoms with van der Waals surface area (Å²) in [6.45, 7) is 4.43. The molecule has 2 aromatic carbocycles. The van der Waals surface area contributed by atoms with Gasteiger partial charge < -0.3 is 19.5 Å². The smallest absolute Gasteiger partial charge is 0.251 e. The first-order valence-corrected chi connectivity index (χ1v) is 8.97. The lowest BCUT2D eigenvalue weighted by Gasteiger charge is -2.30. The van der Waals surface area contributed by atoms with Crippen LogP contribution in [0.15, 0.2) is 59.4 Å². The van der Waals surface area contributed by atoms with E-state index in [1.54, 1.807) is 13.2 Å². The summed E-state index contributed by atoms with van der Waals surface area (Å²) in [5.41, 5.74) is 3.17. The van der Waals surface area contributed by atoms with Crippen LogP contribution in [0.25, 0.3) is 10.9 Å². The van der Waals surface area contributed by atoms with E-state index in [0.717, 1.165) is 54.1 Å². The lowest BCUT2D eigenvalue weighted by Crippen LogP contribution is -2.43. The molecule has 26 heavy (non-hydrogen) atoms. The number of para-hydroxylation sites is 1. The molecule has 0 amide bonds. The second-order valence-electron chi connectivity index (χ2n) is 6.59. The maximum atomic E-state index is 12.5. The SMILES string of the molecule is COc1cc(Cn2c(=O)ccc3ccccc32)cc(N2CCNCC2)c1. The van der Waals surface area contributed by atoms with Crippen molar-refractivity contribution in [2.45, 2.75) is 6.54 Å². The van der Waals surface area contributed by atoms with E-state index in [1.165, 1.54) is 0 Å². The average Bonchev–Trinajstić information content (AvgIpc) is 2.70. The van der Waals surface area contributed by atoms with E-state index >= 15 is 0 Å². The third-order valence-corrected chi connectivity index (χ3v) is 4.91. The number of rotatable bonds is 4. The molecular weight excluding hydrogens is 326 g/mol. The molecule has 0 aliphatic carbocycles. The monoisotopic (exact) mass is 349 g/mol. The molecule has 134 valence electrons. The fourth-order valence-corrected chi connectivity index (χ4v) is 3.55. The zero-order chi connectivity index (χ0) is 17.9. The van der Waals surface area contributed by atoms with Gasteiger partial charge in [-0.15, -0.1) is 0 Å². The van der Waals surface area contributed by atoms with Crippen LogP contribution in [0.1, 0.15) is 5.56 Å². The Labute approximate surface area is 152 Å². The van der Waals surface area contributed by atoms with Crippen molar-refractivity contribution in [1.82, 2.24) is 9.88 Å². The van der Waals surface area contributed by atoms with Gasteiger partial charge in [-0.25, -0.2) is 0 Å². The van der Waals surface area contributed by atoms with Crippen LogP contribution in [-0.2, 0) is 6.54 Å². The molecular formula is C21H23N3O2. The fourth-order valence-electron chi connectivity index (χ4n) is 3.55. The summed E-state index contributed by atoms with van der Waals surface area (Å²) in [6, 6.07) is 17.8. The highest BCUT2D eigenvalue weighted by Gasteiger charge is 2.13. The Morgan fingerprint density at radius 1 is 1.04 bits per heavy atom. The molecule has 0 bridgehead atoms. The topological polar surface area (TPSA) is 46.5 Å². The van der Waals surface area contributed by atoms with Crippen molar-refractivity contribution in [3.8, 4) is 5.75 Å². The molecule has 0 radical (unpaired) electrons. The number of aromatic nitrogens is 1. The summed E-state index contributed by atoms with van der Waals surface area (Å²) >= 11 is 0. The number of hydrogen-bond acceptors (Lipinski definition) is 4. The molecule has 3 aromatic rings.